The minimum atomic E-state index is -0.795. The van der Waals surface area contributed by atoms with Crippen molar-refractivity contribution < 1.29 is 24.0 Å². The van der Waals surface area contributed by atoms with Crippen molar-refractivity contribution in [2.45, 2.75) is 32.2 Å². The van der Waals surface area contributed by atoms with Gasteiger partial charge in [-0.15, -0.1) is 0 Å². The Morgan fingerprint density at radius 3 is 2.48 bits per heavy atom. The molecule has 1 saturated heterocycles. The third-order valence-electron chi connectivity index (χ3n) is 5.28. The first-order chi connectivity index (χ1) is 15.8. The number of nitrogens with one attached hydrogen (secondary N) is 2. The number of carbonyl (C=O) groups excluding carboxylic acids is 3. The molecule has 0 radical (unpaired) electrons. The second-order valence-corrected chi connectivity index (χ2v) is 7.89. The summed E-state index contributed by atoms with van der Waals surface area (Å²) in [5.41, 5.74) is 1.13. The largest absolute Gasteiger partial charge is 0.465 e. The molecule has 1 unspecified atom stereocenters. The molecule has 10 nitrogen and oxygen atoms in total. The van der Waals surface area contributed by atoms with E-state index in [1.807, 2.05) is 18.2 Å². The van der Waals surface area contributed by atoms with Crippen LogP contribution in [0.4, 0.5) is 17.1 Å². The first-order valence-corrected chi connectivity index (χ1v) is 10.6. The van der Waals surface area contributed by atoms with E-state index >= 15 is 0 Å². The van der Waals surface area contributed by atoms with Gasteiger partial charge < -0.3 is 20.3 Å². The third kappa shape index (κ3) is 6.28. The molecule has 2 aromatic rings. The maximum absolute atomic E-state index is 12.6. The van der Waals surface area contributed by atoms with Crippen LogP contribution in [0.25, 0.3) is 0 Å². The molecular weight excluding hydrogens is 428 g/mol. The van der Waals surface area contributed by atoms with Crippen molar-refractivity contribution in [3.8, 4) is 0 Å². The number of anilines is 2. The van der Waals surface area contributed by atoms with Crippen molar-refractivity contribution in [2.24, 2.45) is 0 Å². The molecule has 10 heteroatoms. The maximum Gasteiger partial charge on any atom is 0.338 e. The van der Waals surface area contributed by atoms with Crippen LogP contribution in [-0.4, -0.2) is 48.9 Å². The standard InChI is InChI=1S/C23H26N4O6/c1-15(10-21(28)25-18-6-5-7-19(14-18)26-8-3-4-9-26)24-22(29)16-11-17(23(30)33-2)13-20(12-16)27(31)32/h5-7,11-15H,3-4,8-10H2,1-2H3,(H,24,29)(H,25,28). The van der Waals surface area contributed by atoms with Gasteiger partial charge in [0.05, 0.1) is 17.6 Å². The van der Waals surface area contributed by atoms with Gasteiger partial charge in [-0.05, 0) is 44.0 Å². The Morgan fingerprint density at radius 2 is 1.82 bits per heavy atom. The van der Waals surface area contributed by atoms with E-state index in [1.165, 1.54) is 6.07 Å². The summed E-state index contributed by atoms with van der Waals surface area (Å²) in [6.07, 6.45) is 2.30. The SMILES string of the molecule is COC(=O)c1cc(C(=O)NC(C)CC(=O)Nc2cccc(N3CCCC3)c2)cc([N+](=O)[O-])c1. The number of nitro groups is 1. The van der Waals surface area contributed by atoms with Crippen LogP contribution in [0.5, 0.6) is 0 Å². The molecule has 0 aliphatic carbocycles. The summed E-state index contributed by atoms with van der Waals surface area (Å²) in [5, 5.41) is 16.6. The second kappa shape index (κ2) is 10.6. The van der Waals surface area contributed by atoms with E-state index in [9.17, 15) is 24.5 Å². The van der Waals surface area contributed by atoms with Crippen LogP contribution in [0.1, 0.15) is 46.9 Å². The maximum atomic E-state index is 12.6. The van der Waals surface area contributed by atoms with E-state index in [-0.39, 0.29) is 23.5 Å². The zero-order valence-corrected chi connectivity index (χ0v) is 18.5. The lowest BCUT2D eigenvalue weighted by atomic mass is 10.1. The van der Waals surface area contributed by atoms with Crippen LogP contribution in [-0.2, 0) is 9.53 Å². The highest BCUT2D eigenvalue weighted by Crippen LogP contribution is 2.23. The van der Waals surface area contributed by atoms with Gasteiger partial charge in [0, 0.05) is 54.6 Å². The number of carbonyl (C=O) groups is 3. The average molecular weight is 454 g/mol. The second-order valence-electron chi connectivity index (χ2n) is 7.89. The highest BCUT2D eigenvalue weighted by atomic mass is 16.6. The molecular formula is C23H26N4O6. The van der Waals surface area contributed by atoms with Crippen LogP contribution in [0.3, 0.4) is 0 Å². The summed E-state index contributed by atoms with van der Waals surface area (Å²) < 4.78 is 4.59. The van der Waals surface area contributed by atoms with E-state index in [4.69, 9.17) is 0 Å². The van der Waals surface area contributed by atoms with Crippen molar-refractivity contribution >= 4 is 34.8 Å². The number of non-ortho nitro benzene ring substituents is 1. The van der Waals surface area contributed by atoms with Gasteiger partial charge in [-0.1, -0.05) is 6.07 Å². The Balaban J connectivity index is 1.61. The number of amides is 2. The summed E-state index contributed by atoms with van der Waals surface area (Å²) in [5.74, 6) is -1.72. The van der Waals surface area contributed by atoms with Gasteiger partial charge in [0.2, 0.25) is 5.91 Å². The summed E-state index contributed by atoms with van der Waals surface area (Å²) >= 11 is 0. The lowest BCUT2D eigenvalue weighted by Gasteiger charge is -2.19. The number of hydrogen-bond acceptors (Lipinski definition) is 7. The molecule has 0 saturated carbocycles. The average Bonchev–Trinajstić information content (AvgIpc) is 3.33. The van der Waals surface area contributed by atoms with Crippen LogP contribution < -0.4 is 15.5 Å². The topological polar surface area (TPSA) is 131 Å². The van der Waals surface area contributed by atoms with Crippen LogP contribution >= 0.6 is 0 Å². The molecule has 2 aromatic carbocycles. The lowest BCUT2D eigenvalue weighted by Crippen LogP contribution is -2.35. The molecule has 2 N–H and O–H groups in total. The number of ether oxygens (including phenoxy) is 1. The first kappa shape index (κ1) is 23.7. The molecule has 0 bridgehead atoms. The Morgan fingerprint density at radius 1 is 1.12 bits per heavy atom. The molecule has 1 aliphatic rings. The minimum Gasteiger partial charge on any atom is -0.465 e. The molecule has 0 spiro atoms. The van der Waals surface area contributed by atoms with Gasteiger partial charge >= 0.3 is 5.97 Å². The first-order valence-electron chi connectivity index (χ1n) is 10.6. The Bertz CT molecular complexity index is 1060. The Hall–Kier alpha value is -3.95. The van der Waals surface area contributed by atoms with Crippen molar-refractivity contribution in [2.75, 3.05) is 30.4 Å². The molecule has 0 aromatic heterocycles. The zero-order valence-electron chi connectivity index (χ0n) is 18.5. The lowest BCUT2D eigenvalue weighted by molar-refractivity contribution is -0.384. The van der Waals surface area contributed by atoms with Gasteiger partial charge in [-0.3, -0.25) is 19.7 Å². The van der Waals surface area contributed by atoms with E-state index in [2.05, 4.69) is 20.3 Å². The monoisotopic (exact) mass is 454 g/mol. The van der Waals surface area contributed by atoms with Crippen LogP contribution in [0, 0.1) is 10.1 Å². The van der Waals surface area contributed by atoms with Crippen molar-refractivity contribution in [1.29, 1.82) is 0 Å². The van der Waals surface area contributed by atoms with Gasteiger partial charge in [0.25, 0.3) is 11.6 Å². The molecule has 1 fully saturated rings. The van der Waals surface area contributed by atoms with Crippen molar-refractivity contribution in [3.63, 3.8) is 0 Å². The molecule has 33 heavy (non-hydrogen) atoms. The fraction of sp³-hybridized carbons (Fsp3) is 0.348. The normalized spacial score (nSPS) is 13.8. The predicted molar refractivity (Wildman–Crippen MR) is 122 cm³/mol. The number of benzene rings is 2. The fourth-order valence-electron chi connectivity index (χ4n) is 3.69. The number of rotatable bonds is 8. The molecule has 1 atom stereocenters. The van der Waals surface area contributed by atoms with Gasteiger partial charge in [0.15, 0.2) is 0 Å². The molecule has 1 heterocycles. The molecule has 1 aliphatic heterocycles. The fourth-order valence-corrected chi connectivity index (χ4v) is 3.69. The molecule has 3 rings (SSSR count). The van der Waals surface area contributed by atoms with Crippen LogP contribution in [0.15, 0.2) is 42.5 Å². The summed E-state index contributed by atoms with van der Waals surface area (Å²) in [6, 6.07) is 10.4. The number of methoxy groups -OCH3 is 1. The number of nitro benzene ring substituents is 1. The smallest absolute Gasteiger partial charge is 0.338 e. The quantitative estimate of drug-likeness (QED) is 0.356. The van der Waals surface area contributed by atoms with E-state index in [1.54, 1.807) is 13.0 Å². The predicted octanol–water partition coefficient (Wildman–Crippen LogP) is 3.13. The van der Waals surface area contributed by atoms with Gasteiger partial charge in [-0.2, -0.15) is 0 Å². The zero-order chi connectivity index (χ0) is 24.0. The van der Waals surface area contributed by atoms with E-state index in [0.29, 0.717) is 5.69 Å². The highest BCUT2D eigenvalue weighted by Gasteiger charge is 2.20. The van der Waals surface area contributed by atoms with E-state index < -0.39 is 28.5 Å². The highest BCUT2D eigenvalue weighted by molar-refractivity contribution is 5.99. The third-order valence-corrected chi connectivity index (χ3v) is 5.28. The Labute approximate surface area is 191 Å². The van der Waals surface area contributed by atoms with Gasteiger partial charge in [0.1, 0.15) is 0 Å². The van der Waals surface area contributed by atoms with E-state index in [0.717, 1.165) is 50.9 Å². The summed E-state index contributed by atoms with van der Waals surface area (Å²) in [7, 11) is 1.14. The summed E-state index contributed by atoms with van der Waals surface area (Å²) in [4.78, 5) is 49.6. The van der Waals surface area contributed by atoms with Crippen molar-refractivity contribution in [3.05, 3.63) is 63.7 Å². The summed E-state index contributed by atoms with van der Waals surface area (Å²) in [6.45, 7) is 3.64. The van der Waals surface area contributed by atoms with Gasteiger partial charge in [-0.25, -0.2) is 4.79 Å². The van der Waals surface area contributed by atoms with Crippen LogP contribution in [0.2, 0.25) is 0 Å². The number of esters is 1. The Kier molecular flexibility index (Phi) is 7.60. The number of nitrogens with zero attached hydrogens (tertiary/aromatic N) is 2. The molecule has 174 valence electrons. The molecule has 2 amide bonds. The minimum absolute atomic E-state index is 0.00152. The number of hydrogen-bond donors (Lipinski definition) is 2. The van der Waals surface area contributed by atoms with Crippen molar-refractivity contribution in [1.82, 2.24) is 5.32 Å².